The lowest BCUT2D eigenvalue weighted by atomic mass is 10.1. The summed E-state index contributed by atoms with van der Waals surface area (Å²) in [4.78, 5) is 17.3. The van der Waals surface area contributed by atoms with Gasteiger partial charge in [-0.25, -0.2) is 4.98 Å². The van der Waals surface area contributed by atoms with Gasteiger partial charge in [-0.15, -0.1) is 0 Å². The van der Waals surface area contributed by atoms with Crippen LogP contribution in [0.1, 0.15) is 15.9 Å². The van der Waals surface area contributed by atoms with Gasteiger partial charge in [-0.2, -0.15) is 0 Å². The van der Waals surface area contributed by atoms with Gasteiger partial charge in [-0.05, 0) is 67.2 Å². The van der Waals surface area contributed by atoms with E-state index >= 15 is 0 Å². The molecule has 0 spiro atoms. The summed E-state index contributed by atoms with van der Waals surface area (Å²) in [7, 11) is 1.52. The van der Waals surface area contributed by atoms with Gasteiger partial charge in [0.25, 0.3) is 5.91 Å². The first-order valence-corrected chi connectivity index (χ1v) is 11.5. The Morgan fingerprint density at radius 1 is 1.18 bits per heavy atom. The van der Waals surface area contributed by atoms with Crippen molar-refractivity contribution in [3.8, 4) is 17.2 Å². The second-order valence-electron chi connectivity index (χ2n) is 7.01. The number of amides is 1. The van der Waals surface area contributed by atoms with E-state index in [9.17, 15) is 4.79 Å². The van der Waals surface area contributed by atoms with E-state index in [0.29, 0.717) is 49.6 Å². The molecule has 4 rings (SSSR count). The lowest BCUT2D eigenvalue weighted by Crippen LogP contribution is -2.34. The van der Waals surface area contributed by atoms with Crippen molar-refractivity contribution in [3.63, 3.8) is 0 Å². The normalized spacial score (nSPS) is 10.8. The summed E-state index contributed by atoms with van der Waals surface area (Å²) >= 11 is 21.1. The van der Waals surface area contributed by atoms with Crippen molar-refractivity contribution in [1.29, 1.82) is 0 Å². The molecule has 0 saturated heterocycles. The number of carbonyl (C=O) groups excluding carboxylic acids is 1. The van der Waals surface area contributed by atoms with Crippen molar-refractivity contribution in [1.82, 2.24) is 10.3 Å². The maximum atomic E-state index is 12.8. The molecular weight excluding hydrogens is 549 g/mol. The van der Waals surface area contributed by atoms with Gasteiger partial charge in [0.05, 0.1) is 28.3 Å². The molecule has 0 radical (unpaired) electrons. The fourth-order valence-corrected chi connectivity index (χ4v) is 4.46. The Kier molecular flexibility index (Phi) is 6.90. The number of hydrogen-bond donors (Lipinski definition) is 2. The highest BCUT2D eigenvalue weighted by molar-refractivity contribution is 9.10. The summed E-state index contributed by atoms with van der Waals surface area (Å²) in [5.41, 5.74) is 3.56. The monoisotopic (exact) mass is 563 g/mol. The van der Waals surface area contributed by atoms with Crippen LogP contribution in [0.2, 0.25) is 10.0 Å². The molecule has 33 heavy (non-hydrogen) atoms. The predicted molar refractivity (Wildman–Crippen MR) is 139 cm³/mol. The number of rotatable bonds is 4. The standard InChI is InChI=1S/C23H16BrCl2N3O3S/c1-11-8-12(24)9-15(20(11)31-2)21(30)29-23(33)27-13-6-7-18-17(10-13)28-22(32-18)14-4-3-5-16(25)19(14)26/h3-10H,1-2H3,(H2,27,29,30,33). The molecular formula is C23H16BrCl2N3O3S. The molecule has 3 aromatic carbocycles. The Morgan fingerprint density at radius 3 is 2.73 bits per heavy atom. The van der Waals surface area contributed by atoms with Crippen LogP contribution in [0.15, 0.2) is 57.4 Å². The van der Waals surface area contributed by atoms with Crippen LogP contribution in [0.3, 0.4) is 0 Å². The van der Waals surface area contributed by atoms with Crippen LogP contribution >= 0.6 is 51.3 Å². The Hall–Kier alpha value is -2.65. The van der Waals surface area contributed by atoms with Gasteiger partial charge in [0.1, 0.15) is 11.3 Å². The Balaban J connectivity index is 1.53. The molecule has 168 valence electrons. The number of aryl methyl sites for hydroxylation is 1. The zero-order valence-corrected chi connectivity index (χ0v) is 21.2. The number of nitrogens with one attached hydrogen (secondary N) is 2. The highest BCUT2D eigenvalue weighted by Crippen LogP contribution is 2.35. The van der Waals surface area contributed by atoms with Gasteiger partial charge < -0.3 is 14.5 Å². The van der Waals surface area contributed by atoms with Crippen LogP contribution in [0.4, 0.5) is 5.69 Å². The minimum absolute atomic E-state index is 0.126. The van der Waals surface area contributed by atoms with Gasteiger partial charge in [0.2, 0.25) is 5.89 Å². The maximum absolute atomic E-state index is 12.8. The summed E-state index contributed by atoms with van der Waals surface area (Å²) in [6.45, 7) is 1.86. The van der Waals surface area contributed by atoms with E-state index in [1.54, 1.807) is 42.5 Å². The maximum Gasteiger partial charge on any atom is 0.261 e. The summed E-state index contributed by atoms with van der Waals surface area (Å²) in [6.07, 6.45) is 0. The predicted octanol–water partition coefficient (Wildman–Crippen LogP) is 7.01. The molecule has 0 unspecified atom stereocenters. The fraction of sp³-hybridized carbons (Fsp3) is 0.0870. The third-order valence-electron chi connectivity index (χ3n) is 4.74. The largest absolute Gasteiger partial charge is 0.496 e. The van der Waals surface area contributed by atoms with Crippen molar-refractivity contribution in [3.05, 3.63) is 74.2 Å². The first kappa shape index (κ1) is 23.5. The lowest BCUT2D eigenvalue weighted by molar-refractivity contribution is 0.0974. The minimum Gasteiger partial charge on any atom is -0.496 e. The van der Waals surface area contributed by atoms with Crippen LogP contribution in [0.5, 0.6) is 5.75 Å². The molecule has 0 bridgehead atoms. The molecule has 6 nitrogen and oxygen atoms in total. The first-order valence-electron chi connectivity index (χ1n) is 9.58. The smallest absolute Gasteiger partial charge is 0.261 e. The van der Waals surface area contributed by atoms with E-state index in [4.69, 9.17) is 44.6 Å². The van der Waals surface area contributed by atoms with Crippen LogP contribution in [0.25, 0.3) is 22.6 Å². The van der Waals surface area contributed by atoms with Crippen LogP contribution in [-0.4, -0.2) is 23.1 Å². The number of methoxy groups -OCH3 is 1. The van der Waals surface area contributed by atoms with E-state index in [0.717, 1.165) is 10.0 Å². The third-order valence-corrected chi connectivity index (χ3v) is 6.22. The first-order chi connectivity index (χ1) is 15.8. The van der Waals surface area contributed by atoms with Crippen molar-refractivity contribution < 1.29 is 13.9 Å². The van der Waals surface area contributed by atoms with Crippen LogP contribution < -0.4 is 15.4 Å². The second kappa shape index (κ2) is 9.69. The van der Waals surface area contributed by atoms with Gasteiger partial charge in [-0.3, -0.25) is 10.1 Å². The number of thiocarbonyl (C=S) groups is 1. The van der Waals surface area contributed by atoms with Gasteiger partial charge in [0, 0.05) is 10.2 Å². The van der Waals surface area contributed by atoms with Crippen LogP contribution in [-0.2, 0) is 0 Å². The molecule has 0 atom stereocenters. The zero-order chi connectivity index (χ0) is 23.7. The molecule has 2 N–H and O–H groups in total. The number of oxazole rings is 1. The molecule has 1 heterocycles. The quantitative estimate of drug-likeness (QED) is 0.260. The number of aromatic nitrogens is 1. The van der Waals surface area contributed by atoms with E-state index < -0.39 is 5.91 Å². The SMILES string of the molecule is COc1c(C)cc(Br)cc1C(=O)NC(=S)Nc1ccc2oc(-c3cccc(Cl)c3Cl)nc2c1. The zero-order valence-electron chi connectivity index (χ0n) is 17.3. The topological polar surface area (TPSA) is 76.4 Å². The number of fused-ring (bicyclic) bond motifs is 1. The van der Waals surface area contributed by atoms with Crippen molar-refractivity contribution in [2.75, 3.05) is 12.4 Å². The summed E-state index contributed by atoms with van der Waals surface area (Å²) in [5.74, 6) is 0.437. The molecule has 0 aliphatic rings. The molecule has 10 heteroatoms. The molecule has 0 saturated carbocycles. The van der Waals surface area contributed by atoms with Crippen LogP contribution in [0, 0.1) is 6.92 Å². The Morgan fingerprint density at radius 2 is 1.97 bits per heavy atom. The molecule has 0 aliphatic heterocycles. The Labute approximate surface area is 213 Å². The summed E-state index contributed by atoms with van der Waals surface area (Å²) < 4.78 is 12.0. The number of hydrogen-bond acceptors (Lipinski definition) is 5. The van der Waals surface area contributed by atoms with E-state index in [1.165, 1.54) is 7.11 Å². The average molecular weight is 565 g/mol. The number of benzene rings is 3. The third kappa shape index (κ3) is 4.99. The number of ether oxygens (including phenoxy) is 1. The molecule has 4 aromatic rings. The molecule has 1 amide bonds. The highest BCUT2D eigenvalue weighted by atomic mass is 79.9. The number of carbonyl (C=O) groups is 1. The van der Waals surface area contributed by atoms with Gasteiger partial charge in [0.15, 0.2) is 10.7 Å². The van der Waals surface area contributed by atoms with E-state index in [2.05, 4.69) is 31.5 Å². The van der Waals surface area contributed by atoms with Crippen molar-refractivity contribution in [2.45, 2.75) is 6.92 Å². The fourth-order valence-electron chi connectivity index (χ4n) is 3.29. The second-order valence-corrected chi connectivity index (χ2v) is 9.12. The summed E-state index contributed by atoms with van der Waals surface area (Å²) in [6, 6.07) is 14.0. The summed E-state index contributed by atoms with van der Waals surface area (Å²) in [5, 5.41) is 6.57. The van der Waals surface area contributed by atoms with Crippen molar-refractivity contribution in [2.24, 2.45) is 0 Å². The molecule has 0 aliphatic carbocycles. The number of anilines is 1. The van der Waals surface area contributed by atoms with E-state index in [1.807, 2.05) is 13.0 Å². The molecule has 0 fully saturated rings. The molecule has 1 aromatic heterocycles. The Bertz CT molecular complexity index is 1410. The van der Waals surface area contributed by atoms with Gasteiger partial charge >= 0.3 is 0 Å². The lowest BCUT2D eigenvalue weighted by Gasteiger charge is -2.13. The van der Waals surface area contributed by atoms with Gasteiger partial charge in [-0.1, -0.05) is 45.2 Å². The average Bonchev–Trinajstić information content (AvgIpc) is 3.18. The van der Waals surface area contributed by atoms with Crippen molar-refractivity contribution >= 4 is 79.2 Å². The number of nitrogens with zero attached hydrogens (tertiary/aromatic N) is 1. The van der Waals surface area contributed by atoms with E-state index in [-0.39, 0.29) is 5.11 Å². The highest BCUT2D eigenvalue weighted by Gasteiger charge is 2.18. The number of halogens is 3. The minimum atomic E-state index is -0.394.